The Morgan fingerprint density at radius 3 is 2.76 bits per heavy atom. The molecular formula is C19H21N3O2S. The smallest absolute Gasteiger partial charge is 0.266 e. The van der Waals surface area contributed by atoms with Crippen LogP contribution in [0.15, 0.2) is 29.1 Å². The van der Waals surface area contributed by atoms with Gasteiger partial charge in [-0.25, -0.2) is 0 Å². The Labute approximate surface area is 151 Å². The van der Waals surface area contributed by atoms with Gasteiger partial charge in [0.05, 0.1) is 7.11 Å². The zero-order valence-electron chi connectivity index (χ0n) is 14.5. The van der Waals surface area contributed by atoms with Crippen molar-refractivity contribution in [3.05, 3.63) is 51.4 Å². The van der Waals surface area contributed by atoms with Gasteiger partial charge in [0.25, 0.3) is 5.56 Å². The van der Waals surface area contributed by atoms with Gasteiger partial charge in [-0.05, 0) is 30.7 Å². The number of H-pyrrole nitrogens is 1. The van der Waals surface area contributed by atoms with Crippen molar-refractivity contribution >= 4 is 11.8 Å². The van der Waals surface area contributed by atoms with Gasteiger partial charge >= 0.3 is 0 Å². The molecule has 3 rings (SSSR count). The van der Waals surface area contributed by atoms with Crippen molar-refractivity contribution < 1.29 is 4.74 Å². The molecule has 1 saturated heterocycles. The molecule has 2 aromatic rings. The number of nitrogens with one attached hydrogen (secondary N) is 1. The molecule has 25 heavy (non-hydrogen) atoms. The third-order valence-electron chi connectivity index (χ3n) is 4.37. The molecule has 2 heterocycles. The molecule has 130 valence electrons. The molecule has 6 heteroatoms. The zero-order valence-corrected chi connectivity index (χ0v) is 15.3. The van der Waals surface area contributed by atoms with Gasteiger partial charge in [0.15, 0.2) is 0 Å². The number of aromatic amines is 1. The van der Waals surface area contributed by atoms with Crippen LogP contribution >= 0.6 is 11.8 Å². The Morgan fingerprint density at radius 2 is 2.08 bits per heavy atom. The first-order valence-electron chi connectivity index (χ1n) is 8.24. The van der Waals surface area contributed by atoms with Crippen LogP contribution in [0, 0.1) is 18.3 Å². The van der Waals surface area contributed by atoms with Crippen molar-refractivity contribution in [2.75, 3.05) is 31.7 Å². The van der Waals surface area contributed by atoms with Gasteiger partial charge in [-0.1, -0.05) is 6.07 Å². The van der Waals surface area contributed by atoms with Gasteiger partial charge in [-0.2, -0.15) is 17.0 Å². The Hall–Kier alpha value is -2.23. The van der Waals surface area contributed by atoms with Gasteiger partial charge in [0.2, 0.25) is 0 Å². The normalized spacial score (nSPS) is 14.9. The highest BCUT2D eigenvalue weighted by atomic mass is 32.2. The highest BCUT2D eigenvalue weighted by molar-refractivity contribution is 7.99. The van der Waals surface area contributed by atoms with Crippen LogP contribution < -0.4 is 10.3 Å². The molecule has 0 bridgehead atoms. The highest BCUT2D eigenvalue weighted by Crippen LogP contribution is 2.29. The molecule has 1 aliphatic rings. The first-order valence-corrected chi connectivity index (χ1v) is 9.39. The Balaban J connectivity index is 2.02. The number of rotatable bonds is 4. The summed E-state index contributed by atoms with van der Waals surface area (Å²) in [5.74, 6) is 3.13. The summed E-state index contributed by atoms with van der Waals surface area (Å²) in [6.45, 7) is 4.75. The molecule has 1 aromatic carbocycles. The predicted molar refractivity (Wildman–Crippen MR) is 101 cm³/mol. The van der Waals surface area contributed by atoms with Crippen molar-refractivity contribution in [2.24, 2.45) is 0 Å². The number of hydrogen-bond donors (Lipinski definition) is 1. The third-order valence-corrected chi connectivity index (χ3v) is 5.31. The minimum absolute atomic E-state index is 0.149. The van der Waals surface area contributed by atoms with Crippen LogP contribution in [0.3, 0.4) is 0 Å². The molecule has 0 aliphatic carbocycles. The van der Waals surface area contributed by atoms with Gasteiger partial charge in [0.1, 0.15) is 17.4 Å². The lowest BCUT2D eigenvalue weighted by Gasteiger charge is -2.27. The molecule has 1 aromatic heterocycles. The van der Waals surface area contributed by atoms with E-state index < -0.39 is 0 Å². The lowest BCUT2D eigenvalue weighted by Crippen LogP contribution is -2.32. The molecule has 1 N–H and O–H groups in total. The lowest BCUT2D eigenvalue weighted by molar-refractivity contribution is 0.288. The predicted octanol–water partition coefficient (Wildman–Crippen LogP) is 2.78. The fourth-order valence-electron chi connectivity index (χ4n) is 3.10. The summed E-state index contributed by atoms with van der Waals surface area (Å²) in [6, 6.07) is 9.74. The Kier molecular flexibility index (Phi) is 5.47. The maximum atomic E-state index is 12.1. The summed E-state index contributed by atoms with van der Waals surface area (Å²) in [5, 5.41) is 9.38. The second-order valence-corrected chi connectivity index (χ2v) is 7.32. The molecule has 0 spiro atoms. The number of hydrogen-bond acceptors (Lipinski definition) is 5. The molecule has 0 unspecified atom stereocenters. The van der Waals surface area contributed by atoms with Gasteiger partial charge < -0.3 is 9.72 Å². The van der Waals surface area contributed by atoms with E-state index in [2.05, 4.69) is 9.88 Å². The number of benzene rings is 1. The number of ether oxygens (including phenoxy) is 1. The number of nitriles is 1. The van der Waals surface area contributed by atoms with E-state index in [1.807, 2.05) is 49.0 Å². The van der Waals surface area contributed by atoms with E-state index in [0.29, 0.717) is 5.56 Å². The van der Waals surface area contributed by atoms with Gasteiger partial charge in [-0.15, -0.1) is 0 Å². The van der Waals surface area contributed by atoms with Crippen LogP contribution in [0.1, 0.15) is 16.8 Å². The van der Waals surface area contributed by atoms with E-state index >= 15 is 0 Å². The zero-order chi connectivity index (χ0) is 17.8. The van der Waals surface area contributed by atoms with Crippen LogP contribution in [0.25, 0.3) is 11.1 Å². The lowest BCUT2D eigenvalue weighted by atomic mass is 9.98. The first-order chi connectivity index (χ1) is 12.1. The van der Waals surface area contributed by atoms with Gasteiger partial charge in [-0.3, -0.25) is 9.69 Å². The highest BCUT2D eigenvalue weighted by Gasteiger charge is 2.16. The minimum Gasteiger partial charge on any atom is -0.496 e. The molecule has 5 nitrogen and oxygen atoms in total. The van der Waals surface area contributed by atoms with E-state index in [9.17, 15) is 10.1 Å². The maximum absolute atomic E-state index is 12.1. The number of methoxy groups -OCH3 is 1. The molecule has 0 radical (unpaired) electrons. The second-order valence-electron chi connectivity index (χ2n) is 6.10. The molecule has 0 saturated carbocycles. The van der Waals surface area contributed by atoms with Crippen LogP contribution in [-0.2, 0) is 6.54 Å². The first kappa shape index (κ1) is 17.6. The van der Waals surface area contributed by atoms with Crippen molar-refractivity contribution in [1.82, 2.24) is 9.88 Å². The standard InChI is InChI=1S/C19H21N3O2S/c1-13-9-16(17(11-20)19(23)21-13)14-3-4-18(24-2)15(10-14)12-22-5-7-25-8-6-22/h3-4,9-10H,5-8,12H2,1-2H3,(H,21,23). The van der Waals surface area contributed by atoms with Crippen LogP contribution in [-0.4, -0.2) is 41.6 Å². The number of pyridine rings is 1. The van der Waals surface area contributed by atoms with Crippen molar-refractivity contribution in [3.8, 4) is 22.9 Å². The average molecular weight is 355 g/mol. The summed E-state index contributed by atoms with van der Waals surface area (Å²) in [5.41, 5.74) is 3.16. The van der Waals surface area contributed by atoms with E-state index in [-0.39, 0.29) is 11.1 Å². The quantitative estimate of drug-likeness (QED) is 0.913. The number of nitrogens with zero attached hydrogens (tertiary/aromatic N) is 2. The van der Waals surface area contributed by atoms with Crippen molar-refractivity contribution in [3.63, 3.8) is 0 Å². The van der Waals surface area contributed by atoms with Crippen molar-refractivity contribution in [2.45, 2.75) is 13.5 Å². The van der Waals surface area contributed by atoms with E-state index in [1.54, 1.807) is 7.11 Å². The summed E-state index contributed by atoms with van der Waals surface area (Å²) >= 11 is 1.98. The third kappa shape index (κ3) is 3.89. The van der Waals surface area contributed by atoms with Gasteiger partial charge in [0, 0.05) is 48.0 Å². The minimum atomic E-state index is -0.345. The molecule has 1 fully saturated rings. The molecule has 0 atom stereocenters. The SMILES string of the molecule is COc1ccc(-c2cc(C)[nH]c(=O)c2C#N)cc1CN1CCSCC1. The van der Waals surface area contributed by atoms with Crippen LogP contribution in [0.2, 0.25) is 0 Å². The van der Waals surface area contributed by atoms with E-state index in [1.165, 1.54) is 0 Å². The maximum Gasteiger partial charge on any atom is 0.266 e. The summed E-state index contributed by atoms with van der Waals surface area (Å²) in [6.07, 6.45) is 0. The largest absolute Gasteiger partial charge is 0.496 e. The Bertz CT molecular complexity index is 864. The van der Waals surface area contributed by atoms with Crippen molar-refractivity contribution in [1.29, 1.82) is 5.26 Å². The summed E-state index contributed by atoms with van der Waals surface area (Å²) in [4.78, 5) is 17.2. The molecular weight excluding hydrogens is 334 g/mol. The van der Waals surface area contributed by atoms with E-state index in [0.717, 1.165) is 53.7 Å². The number of thioether (sulfide) groups is 1. The number of aryl methyl sites for hydroxylation is 1. The fourth-order valence-corrected chi connectivity index (χ4v) is 4.08. The Morgan fingerprint density at radius 1 is 1.32 bits per heavy atom. The van der Waals surface area contributed by atoms with E-state index in [4.69, 9.17) is 4.74 Å². The monoisotopic (exact) mass is 355 g/mol. The summed E-state index contributed by atoms with van der Waals surface area (Å²) in [7, 11) is 1.67. The average Bonchev–Trinajstić information content (AvgIpc) is 2.62. The molecule has 1 aliphatic heterocycles. The van der Waals surface area contributed by atoms with Crippen LogP contribution in [0.4, 0.5) is 0 Å². The van der Waals surface area contributed by atoms with Crippen LogP contribution in [0.5, 0.6) is 5.75 Å². The summed E-state index contributed by atoms with van der Waals surface area (Å²) < 4.78 is 5.52. The topological polar surface area (TPSA) is 69.1 Å². The fraction of sp³-hybridized carbons (Fsp3) is 0.368. The molecule has 0 amide bonds. The number of aromatic nitrogens is 1. The second kappa shape index (κ2) is 7.77.